The predicted octanol–water partition coefficient (Wildman–Crippen LogP) is 0.488. The highest BCUT2D eigenvalue weighted by Crippen LogP contribution is 2.23. The van der Waals surface area contributed by atoms with Gasteiger partial charge in [0.15, 0.2) is 0 Å². The van der Waals surface area contributed by atoms with Crippen molar-refractivity contribution < 1.29 is 19.1 Å². The van der Waals surface area contributed by atoms with Crippen LogP contribution in [0.25, 0.3) is 0 Å². The number of hydrogen-bond donors (Lipinski definition) is 2. The Morgan fingerprint density at radius 2 is 1.29 bits per heavy atom. The summed E-state index contributed by atoms with van der Waals surface area (Å²) in [5.41, 5.74) is 9.77. The van der Waals surface area contributed by atoms with Crippen molar-refractivity contribution in [1.82, 2.24) is 0 Å². The zero-order valence-electron chi connectivity index (χ0n) is 7.77. The number of nitrogens with two attached hydrogens (primary N) is 2. The van der Waals surface area contributed by atoms with E-state index in [0.29, 0.717) is 12.8 Å². The van der Waals surface area contributed by atoms with Crippen LogP contribution in [-0.2, 0) is 9.47 Å². The van der Waals surface area contributed by atoms with Crippen LogP contribution in [0, 0.1) is 0 Å². The van der Waals surface area contributed by atoms with Gasteiger partial charge in [0.05, 0.1) is 0 Å². The SMILES string of the molecule is NC(=O)O[C@H]1CCCC[C@H]1OC(N)=O. The molecule has 1 saturated carbocycles. The van der Waals surface area contributed by atoms with Gasteiger partial charge >= 0.3 is 12.2 Å². The molecule has 0 radical (unpaired) electrons. The molecule has 0 spiro atoms. The van der Waals surface area contributed by atoms with Gasteiger partial charge in [0.2, 0.25) is 0 Å². The monoisotopic (exact) mass is 202 g/mol. The van der Waals surface area contributed by atoms with Crippen molar-refractivity contribution in [3.63, 3.8) is 0 Å². The molecule has 0 aromatic heterocycles. The van der Waals surface area contributed by atoms with Crippen LogP contribution in [0.1, 0.15) is 25.7 Å². The van der Waals surface area contributed by atoms with Crippen LogP contribution in [0.3, 0.4) is 0 Å². The minimum Gasteiger partial charge on any atom is -0.442 e. The van der Waals surface area contributed by atoms with E-state index in [1.165, 1.54) is 0 Å². The molecular formula is C8H14N2O4. The summed E-state index contributed by atoms with van der Waals surface area (Å²) in [7, 11) is 0. The van der Waals surface area contributed by atoms with Crippen LogP contribution in [0.5, 0.6) is 0 Å². The standard InChI is InChI=1S/C8H14N2O4/c9-7(11)13-5-3-1-2-4-6(5)14-8(10)12/h5-6H,1-4H2,(H2,9,11)(H2,10,12)/t5-,6+. The molecular weight excluding hydrogens is 188 g/mol. The first-order valence-corrected chi connectivity index (χ1v) is 4.52. The van der Waals surface area contributed by atoms with E-state index >= 15 is 0 Å². The number of hydrogen-bond acceptors (Lipinski definition) is 4. The second-order valence-corrected chi connectivity index (χ2v) is 3.24. The van der Waals surface area contributed by atoms with Gasteiger partial charge in [0, 0.05) is 0 Å². The van der Waals surface area contributed by atoms with Gasteiger partial charge in [-0.15, -0.1) is 0 Å². The highest BCUT2D eigenvalue weighted by molar-refractivity contribution is 5.66. The third-order valence-corrected chi connectivity index (χ3v) is 2.18. The number of ether oxygens (including phenoxy) is 2. The van der Waals surface area contributed by atoms with E-state index in [2.05, 4.69) is 0 Å². The van der Waals surface area contributed by atoms with Gasteiger partial charge in [-0.25, -0.2) is 9.59 Å². The van der Waals surface area contributed by atoms with Gasteiger partial charge in [-0.3, -0.25) is 0 Å². The molecule has 2 amide bonds. The average molecular weight is 202 g/mol. The van der Waals surface area contributed by atoms with Crippen molar-refractivity contribution in [2.24, 2.45) is 11.5 Å². The topological polar surface area (TPSA) is 105 Å². The summed E-state index contributed by atoms with van der Waals surface area (Å²) < 4.78 is 9.62. The van der Waals surface area contributed by atoms with Crippen molar-refractivity contribution in [3.8, 4) is 0 Å². The maximum Gasteiger partial charge on any atom is 0.404 e. The Labute approximate surface area is 81.5 Å². The van der Waals surface area contributed by atoms with E-state index in [0.717, 1.165) is 12.8 Å². The van der Waals surface area contributed by atoms with E-state index in [9.17, 15) is 9.59 Å². The number of carbonyl (C=O) groups excluding carboxylic acids is 2. The number of amides is 2. The normalized spacial score (nSPS) is 26.6. The third-order valence-electron chi connectivity index (χ3n) is 2.18. The Morgan fingerprint density at radius 1 is 0.929 bits per heavy atom. The van der Waals surface area contributed by atoms with E-state index < -0.39 is 24.4 Å². The fraction of sp³-hybridized carbons (Fsp3) is 0.750. The molecule has 0 aliphatic heterocycles. The molecule has 6 nitrogen and oxygen atoms in total. The summed E-state index contributed by atoms with van der Waals surface area (Å²) >= 11 is 0. The molecule has 14 heavy (non-hydrogen) atoms. The quantitative estimate of drug-likeness (QED) is 0.679. The van der Waals surface area contributed by atoms with Gasteiger partial charge in [0.25, 0.3) is 0 Å². The van der Waals surface area contributed by atoms with Crippen LogP contribution in [-0.4, -0.2) is 24.4 Å². The minimum atomic E-state index is -0.852. The molecule has 80 valence electrons. The summed E-state index contributed by atoms with van der Waals surface area (Å²) in [4.78, 5) is 21.1. The first-order chi connectivity index (χ1) is 6.59. The molecule has 4 N–H and O–H groups in total. The Hall–Kier alpha value is -1.46. The Balaban J connectivity index is 2.49. The highest BCUT2D eigenvalue weighted by Gasteiger charge is 2.30. The molecule has 1 aliphatic carbocycles. The Kier molecular flexibility index (Phi) is 3.55. The lowest BCUT2D eigenvalue weighted by Gasteiger charge is -2.29. The molecule has 0 saturated heterocycles. The summed E-state index contributed by atoms with van der Waals surface area (Å²) in [6.07, 6.45) is 0.557. The molecule has 0 aromatic carbocycles. The van der Waals surface area contributed by atoms with Crippen molar-refractivity contribution in [3.05, 3.63) is 0 Å². The zero-order chi connectivity index (χ0) is 10.6. The van der Waals surface area contributed by atoms with Crippen LogP contribution in [0.15, 0.2) is 0 Å². The van der Waals surface area contributed by atoms with Gasteiger partial charge in [-0.05, 0) is 25.7 Å². The van der Waals surface area contributed by atoms with Gasteiger partial charge in [-0.1, -0.05) is 0 Å². The molecule has 6 heteroatoms. The largest absolute Gasteiger partial charge is 0.442 e. The van der Waals surface area contributed by atoms with Crippen molar-refractivity contribution in [2.75, 3.05) is 0 Å². The summed E-state index contributed by atoms with van der Waals surface area (Å²) in [5, 5.41) is 0. The number of carbonyl (C=O) groups is 2. The second kappa shape index (κ2) is 4.69. The number of primary amides is 2. The first-order valence-electron chi connectivity index (χ1n) is 4.52. The lowest BCUT2D eigenvalue weighted by atomic mass is 9.94. The fourth-order valence-corrected chi connectivity index (χ4v) is 1.63. The van der Waals surface area contributed by atoms with E-state index in [1.807, 2.05) is 0 Å². The lowest BCUT2D eigenvalue weighted by molar-refractivity contribution is -0.0256. The summed E-state index contributed by atoms with van der Waals surface area (Å²) in [5.74, 6) is 0. The smallest absolute Gasteiger partial charge is 0.404 e. The maximum absolute atomic E-state index is 10.5. The van der Waals surface area contributed by atoms with Crippen molar-refractivity contribution in [2.45, 2.75) is 37.9 Å². The molecule has 0 aromatic rings. The first kappa shape index (κ1) is 10.6. The van der Waals surface area contributed by atoms with Crippen molar-refractivity contribution in [1.29, 1.82) is 0 Å². The van der Waals surface area contributed by atoms with E-state index in [-0.39, 0.29) is 0 Å². The predicted molar refractivity (Wildman–Crippen MR) is 47.4 cm³/mol. The molecule has 1 fully saturated rings. The lowest BCUT2D eigenvalue weighted by Crippen LogP contribution is -2.40. The van der Waals surface area contributed by atoms with Gasteiger partial charge in [0.1, 0.15) is 12.2 Å². The molecule has 0 unspecified atom stereocenters. The molecule has 0 heterocycles. The molecule has 0 bridgehead atoms. The summed E-state index contributed by atoms with van der Waals surface area (Å²) in [6, 6.07) is 0. The van der Waals surface area contributed by atoms with Crippen LogP contribution in [0.2, 0.25) is 0 Å². The molecule has 1 aliphatic rings. The Bertz CT molecular complexity index is 207. The van der Waals surface area contributed by atoms with Crippen LogP contribution in [0.4, 0.5) is 9.59 Å². The summed E-state index contributed by atoms with van der Waals surface area (Å²) in [6.45, 7) is 0. The Morgan fingerprint density at radius 3 is 1.57 bits per heavy atom. The van der Waals surface area contributed by atoms with E-state index in [1.54, 1.807) is 0 Å². The van der Waals surface area contributed by atoms with Crippen LogP contribution >= 0.6 is 0 Å². The maximum atomic E-state index is 10.5. The van der Waals surface area contributed by atoms with Gasteiger partial charge < -0.3 is 20.9 Å². The number of rotatable bonds is 2. The highest BCUT2D eigenvalue weighted by atomic mass is 16.6. The minimum absolute atomic E-state index is 0.450. The average Bonchev–Trinajstić information content (AvgIpc) is 2.06. The molecule has 1 rings (SSSR count). The van der Waals surface area contributed by atoms with Crippen LogP contribution < -0.4 is 11.5 Å². The van der Waals surface area contributed by atoms with Crippen molar-refractivity contribution >= 4 is 12.2 Å². The zero-order valence-corrected chi connectivity index (χ0v) is 7.77. The molecule has 2 atom stereocenters. The fourth-order valence-electron chi connectivity index (χ4n) is 1.63. The third kappa shape index (κ3) is 3.12. The second-order valence-electron chi connectivity index (χ2n) is 3.24. The van der Waals surface area contributed by atoms with E-state index in [4.69, 9.17) is 20.9 Å². The van der Waals surface area contributed by atoms with Gasteiger partial charge in [-0.2, -0.15) is 0 Å².